The maximum atomic E-state index is 14.2. The molecule has 5 nitrogen and oxygen atoms in total. The Bertz CT molecular complexity index is 633. The third kappa shape index (κ3) is 3.20. The van der Waals surface area contributed by atoms with Gasteiger partial charge in [0.15, 0.2) is 0 Å². The van der Waals surface area contributed by atoms with E-state index in [9.17, 15) is 12.8 Å². The normalized spacial score (nSPS) is 20.3. The Hall–Kier alpha value is -1.18. The zero-order valence-electron chi connectivity index (χ0n) is 12.6. The molecule has 1 aliphatic heterocycles. The van der Waals surface area contributed by atoms with Gasteiger partial charge < -0.3 is 10.6 Å². The summed E-state index contributed by atoms with van der Waals surface area (Å²) in [7, 11) is -0.413. The Morgan fingerprint density at radius 1 is 1.48 bits per heavy atom. The predicted octanol–water partition coefficient (Wildman–Crippen LogP) is 1.43. The van der Waals surface area contributed by atoms with Gasteiger partial charge in [0.25, 0.3) is 0 Å². The molecule has 21 heavy (non-hydrogen) atoms. The average Bonchev–Trinajstić information content (AvgIpc) is 2.79. The molecule has 2 N–H and O–H groups in total. The van der Waals surface area contributed by atoms with Gasteiger partial charge in [0.2, 0.25) is 10.0 Å². The number of benzene rings is 1. The molecule has 1 fully saturated rings. The Morgan fingerprint density at radius 3 is 2.71 bits per heavy atom. The second-order valence-electron chi connectivity index (χ2n) is 5.71. The van der Waals surface area contributed by atoms with Gasteiger partial charge in [-0.3, -0.25) is 0 Å². The van der Waals surface area contributed by atoms with Gasteiger partial charge in [-0.1, -0.05) is 0 Å². The van der Waals surface area contributed by atoms with Crippen molar-refractivity contribution in [3.8, 4) is 0 Å². The summed E-state index contributed by atoms with van der Waals surface area (Å²) in [4.78, 5) is 1.79. The number of nitrogen functional groups attached to an aromatic ring is 1. The van der Waals surface area contributed by atoms with Crippen molar-refractivity contribution in [2.45, 2.75) is 30.7 Å². The van der Waals surface area contributed by atoms with Gasteiger partial charge in [-0.25, -0.2) is 12.8 Å². The van der Waals surface area contributed by atoms with Gasteiger partial charge in [0.05, 0.1) is 0 Å². The molecule has 1 unspecified atom stereocenters. The first-order valence-corrected chi connectivity index (χ1v) is 8.39. The van der Waals surface area contributed by atoms with Crippen LogP contribution in [0.3, 0.4) is 0 Å². The number of rotatable bonds is 4. The number of hydrogen-bond acceptors (Lipinski definition) is 4. The van der Waals surface area contributed by atoms with Crippen molar-refractivity contribution in [2.24, 2.45) is 0 Å². The highest BCUT2D eigenvalue weighted by atomic mass is 32.2. The van der Waals surface area contributed by atoms with Crippen LogP contribution in [0.2, 0.25) is 0 Å². The van der Waals surface area contributed by atoms with Crippen LogP contribution in [0.5, 0.6) is 0 Å². The SMILES string of the molecule is Cc1cc(N)cc(S(=O)(=O)N(C)CC2CCCN2C)c1F. The van der Waals surface area contributed by atoms with E-state index in [-0.39, 0.29) is 22.2 Å². The van der Waals surface area contributed by atoms with Crippen molar-refractivity contribution in [2.75, 3.05) is 32.9 Å². The topological polar surface area (TPSA) is 66.6 Å². The van der Waals surface area contributed by atoms with E-state index in [0.29, 0.717) is 6.54 Å². The van der Waals surface area contributed by atoms with E-state index in [1.165, 1.54) is 30.4 Å². The molecule has 118 valence electrons. The van der Waals surface area contributed by atoms with Crippen LogP contribution in [0.1, 0.15) is 18.4 Å². The summed E-state index contributed by atoms with van der Waals surface area (Å²) in [5.41, 5.74) is 6.14. The predicted molar refractivity (Wildman–Crippen MR) is 81.0 cm³/mol. The summed E-state index contributed by atoms with van der Waals surface area (Å²) < 4.78 is 40.5. The van der Waals surface area contributed by atoms with Crippen LogP contribution >= 0.6 is 0 Å². The molecule has 0 aliphatic carbocycles. The minimum atomic E-state index is -3.87. The highest BCUT2D eigenvalue weighted by Gasteiger charge is 2.30. The van der Waals surface area contributed by atoms with Gasteiger partial charge in [-0.15, -0.1) is 0 Å². The van der Waals surface area contributed by atoms with Crippen molar-refractivity contribution >= 4 is 15.7 Å². The van der Waals surface area contributed by atoms with Crippen LogP contribution < -0.4 is 5.73 Å². The van der Waals surface area contributed by atoms with Crippen LogP contribution in [0, 0.1) is 12.7 Å². The summed E-state index contributed by atoms with van der Waals surface area (Å²) in [5, 5.41) is 0. The van der Waals surface area contributed by atoms with Crippen LogP contribution in [0.4, 0.5) is 10.1 Å². The number of sulfonamides is 1. The second kappa shape index (κ2) is 5.90. The van der Waals surface area contributed by atoms with Gasteiger partial charge >= 0.3 is 0 Å². The number of likely N-dealkylation sites (tertiary alicyclic amines) is 1. The van der Waals surface area contributed by atoms with Gasteiger partial charge in [0, 0.05) is 25.3 Å². The zero-order chi connectivity index (χ0) is 15.8. The van der Waals surface area contributed by atoms with Crippen LogP contribution in [-0.4, -0.2) is 50.8 Å². The fourth-order valence-electron chi connectivity index (χ4n) is 2.72. The first-order valence-electron chi connectivity index (χ1n) is 6.95. The standard InChI is InChI=1S/C14H22FN3O2S/c1-10-7-11(16)8-13(14(10)15)21(19,20)18(3)9-12-5-4-6-17(12)2/h7-8,12H,4-6,9,16H2,1-3H3. The molecule has 1 aromatic rings. The fourth-order valence-corrected chi connectivity index (χ4v) is 4.10. The highest BCUT2D eigenvalue weighted by molar-refractivity contribution is 7.89. The first kappa shape index (κ1) is 16.2. The van der Waals surface area contributed by atoms with Crippen LogP contribution in [0.25, 0.3) is 0 Å². The zero-order valence-corrected chi connectivity index (χ0v) is 13.5. The minimum Gasteiger partial charge on any atom is -0.399 e. The van der Waals surface area contributed by atoms with Crippen molar-refractivity contribution in [1.29, 1.82) is 0 Å². The van der Waals surface area contributed by atoms with Crippen molar-refractivity contribution < 1.29 is 12.8 Å². The Balaban J connectivity index is 2.29. The van der Waals surface area contributed by atoms with E-state index in [4.69, 9.17) is 5.73 Å². The van der Waals surface area contributed by atoms with E-state index in [0.717, 1.165) is 19.4 Å². The molecule has 0 bridgehead atoms. The number of aryl methyl sites for hydroxylation is 1. The first-order chi connectivity index (χ1) is 9.73. The lowest BCUT2D eigenvalue weighted by Crippen LogP contribution is -2.39. The smallest absolute Gasteiger partial charge is 0.245 e. The molecule has 0 aromatic heterocycles. The monoisotopic (exact) mass is 315 g/mol. The molecule has 1 atom stereocenters. The van der Waals surface area contributed by atoms with E-state index in [1.807, 2.05) is 7.05 Å². The number of nitrogens with two attached hydrogens (primary N) is 1. The van der Waals surface area contributed by atoms with Crippen molar-refractivity contribution in [1.82, 2.24) is 9.21 Å². The molecule has 0 spiro atoms. The molecular weight excluding hydrogens is 293 g/mol. The van der Waals surface area contributed by atoms with Gasteiger partial charge in [-0.2, -0.15) is 4.31 Å². The number of hydrogen-bond donors (Lipinski definition) is 1. The number of halogens is 1. The molecule has 0 radical (unpaired) electrons. The maximum Gasteiger partial charge on any atom is 0.245 e. The van der Waals surface area contributed by atoms with Crippen LogP contribution in [-0.2, 0) is 10.0 Å². The summed E-state index contributed by atoms with van der Waals surface area (Å²) in [6.07, 6.45) is 2.01. The molecule has 1 saturated heterocycles. The third-order valence-corrected chi connectivity index (χ3v) is 5.89. The fraction of sp³-hybridized carbons (Fsp3) is 0.571. The maximum absolute atomic E-state index is 14.2. The quantitative estimate of drug-likeness (QED) is 0.854. The summed E-state index contributed by atoms with van der Waals surface area (Å²) in [5.74, 6) is -0.726. The summed E-state index contributed by atoms with van der Waals surface area (Å²) in [6.45, 7) is 2.83. The molecule has 7 heteroatoms. The Kier molecular flexibility index (Phi) is 4.55. The molecular formula is C14H22FN3O2S. The van der Waals surface area contributed by atoms with E-state index < -0.39 is 15.8 Å². The lowest BCUT2D eigenvalue weighted by Gasteiger charge is -2.25. The number of anilines is 1. The Labute approximate surface area is 125 Å². The summed E-state index contributed by atoms with van der Waals surface area (Å²) in [6, 6.07) is 2.79. The second-order valence-corrected chi connectivity index (χ2v) is 7.73. The van der Waals surface area contributed by atoms with E-state index in [2.05, 4.69) is 4.90 Å². The average molecular weight is 315 g/mol. The van der Waals surface area contributed by atoms with Crippen molar-refractivity contribution in [3.05, 3.63) is 23.5 Å². The largest absolute Gasteiger partial charge is 0.399 e. The highest BCUT2D eigenvalue weighted by Crippen LogP contribution is 2.25. The number of likely N-dealkylation sites (N-methyl/N-ethyl adjacent to an activating group) is 2. The van der Waals surface area contributed by atoms with E-state index in [1.54, 1.807) is 0 Å². The molecule has 0 saturated carbocycles. The Morgan fingerprint density at radius 2 is 2.14 bits per heavy atom. The van der Waals surface area contributed by atoms with Crippen LogP contribution in [0.15, 0.2) is 17.0 Å². The minimum absolute atomic E-state index is 0.176. The van der Waals surface area contributed by atoms with Gasteiger partial charge in [0.1, 0.15) is 10.7 Å². The molecule has 0 amide bonds. The summed E-state index contributed by atoms with van der Waals surface area (Å²) >= 11 is 0. The van der Waals surface area contributed by atoms with Crippen molar-refractivity contribution in [3.63, 3.8) is 0 Å². The lowest BCUT2D eigenvalue weighted by molar-refractivity contribution is 0.270. The molecule has 1 heterocycles. The molecule has 2 rings (SSSR count). The molecule has 1 aromatic carbocycles. The third-order valence-electron chi connectivity index (χ3n) is 4.07. The molecule has 1 aliphatic rings. The van der Waals surface area contributed by atoms with E-state index >= 15 is 0 Å². The lowest BCUT2D eigenvalue weighted by atomic mass is 10.2. The van der Waals surface area contributed by atoms with Gasteiger partial charge in [-0.05, 0) is 51.1 Å². The number of nitrogens with zero attached hydrogens (tertiary/aromatic N) is 2.